The minimum atomic E-state index is -0.415. The van der Waals surface area contributed by atoms with Crippen LogP contribution in [0.3, 0.4) is 0 Å². The molecule has 0 heterocycles. The van der Waals surface area contributed by atoms with E-state index >= 15 is 0 Å². The molecule has 0 saturated carbocycles. The molecule has 1 rings (SSSR count). The molecular weight excluding hydrogens is 335 g/mol. The monoisotopic (exact) mass is 350 g/mol. The Morgan fingerprint density at radius 2 is 2.16 bits per heavy atom. The van der Waals surface area contributed by atoms with E-state index < -0.39 is 5.82 Å². The van der Waals surface area contributed by atoms with Crippen LogP contribution in [0.25, 0.3) is 0 Å². The molecule has 0 amide bonds. The van der Waals surface area contributed by atoms with E-state index in [2.05, 4.69) is 21.2 Å². The number of benzene rings is 1. The number of rotatable bonds is 8. The van der Waals surface area contributed by atoms with Crippen LogP contribution in [0.1, 0.15) is 5.56 Å². The van der Waals surface area contributed by atoms with Gasteiger partial charge in [0.15, 0.2) is 5.82 Å². The second kappa shape index (κ2) is 8.42. The Morgan fingerprint density at radius 3 is 2.79 bits per heavy atom. The lowest BCUT2D eigenvalue weighted by Crippen LogP contribution is -2.14. The summed E-state index contributed by atoms with van der Waals surface area (Å²) in [5, 5.41) is 2.94. The number of ether oxygens (including phenoxy) is 2. The van der Waals surface area contributed by atoms with Gasteiger partial charge in [0, 0.05) is 19.2 Å². The quantitative estimate of drug-likeness (QED) is 0.556. The van der Waals surface area contributed by atoms with Crippen molar-refractivity contribution < 1.29 is 13.9 Å². The molecule has 0 radical (unpaired) electrons. The Morgan fingerprint density at radius 1 is 1.42 bits per heavy atom. The van der Waals surface area contributed by atoms with Crippen molar-refractivity contribution in [3.63, 3.8) is 0 Å². The molecule has 0 atom stereocenters. The molecule has 0 aliphatic heterocycles. The molecule has 0 saturated heterocycles. The third kappa shape index (κ3) is 5.02. The molecule has 4 nitrogen and oxygen atoms in total. The Balaban J connectivity index is 2.51. The third-order valence-corrected chi connectivity index (χ3v) is 3.34. The van der Waals surface area contributed by atoms with E-state index in [0.717, 1.165) is 0 Å². The van der Waals surface area contributed by atoms with E-state index in [-0.39, 0.29) is 9.46 Å². The van der Waals surface area contributed by atoms with Gasteiger partial charge in [-0.05, 0) is 28.1 Å². The average molecular weight is 351 g/mol. The van der Waals surface area contributed by atoms with Gasteiger partial charge in [0.25, 0.3) is 0 Å². The van der Waals surface area contributed by atoms with E-state index in [9.17, 15) is 4.39 Å². The van der Waals surface area contributed by atoms with Gasteiger partial charge in [0.1, 0.15) is 4.99 Å². The van der Waals surface area contributed by atoms with Gasteiger partial charge in [0.05, 0.1) is 30.0 Å². The van der Waals surface area contributed by atoms with Crippen molar-refractivity contribution in [2.75, 3.05) is 38.8 Å². The zero-order valence-corrected chi connectivity index (χ0v) is 12.9. The zero-order chi connectivity index (χ0) is 14.3. The molecule has 19 heavy (non-hydrogen) atoms. The van der Waals surface area contributed by atoms with Gasteiger partial charge in [-0.2, -0.15) is 0 Å². The van der Waals surface area contributed by atoms with Gasteiger partial charge < -0.3 is 20.5 Å². The molecule has 0 fully saturated rings. The summed E-state index contributed by atoms with van der Waals surface area (Å²) in [5.41, 5.74) is 6.34. The van der Waals surface area contributed by atoms with Gasteiger partial charge in [-0.3, -0.25) is 0 Å². The van der Waals surface area contributed by atoms with Crippen molar-refractivity contribution in [3.8, 4) is 0 Å². The third-order valence-electron chi connectivity index (χ3n) is 2.34. The van der Waals surface area contributed by atoms with Crippen LogP contribution in [0.5, 0.6) is 0 Å². The number of halogens is 2. The maximum absolute atomic E-state index is 14.0. The largest absolute Gasteiger partial charge is 0.389 e. The molecule has 1 aromatic rings. The van der Waals surface area contributed by atoms with Gasteiger partial charge in [0.2, 0.25) is 0 Å². The fraction of sp³-hybridized carbons (Fsp3) is 0.417. The lowest BCUT2D eigenvalue weighted by Gasteiger charge is -2.11. The van der Waals surface area contributed by atoms with Crippen LogP contribution in [0, 0.1) is 5.82 Å². The van der Waals surface area contributed by atoms with Crippen LogP contribution in [0.15, 0.2) is 16.6 Å². The number of nitrogens with one attached hydrogen (secondary N) is 1. The van der Waals surface area contributed by atoms with Crippen molar-refractivity contribution in [1.82, 2.24) is 0 Å². The summed E-state index contributed by atoms with van der Waals surface area (Å²) < 4.78 is 24.3. The highest BCUT2D eigenvalue weighted by atomic mass is 79.9. The normalized spacial score (nSPS) is 10.5. The summed E-state index contributed by atoms with van der Waals surface area (Å²) in [6, 6.07) is 3.27. The standard InChI is InChI=1S/C12H16BrFN2O2S/c1-17-6-7-18-5-4-16-9-3-2-8(12(15)19)10(13)11(9)14/h2-3,16H,4-7H2,1H3,(H2,15,19). The fourth-order valence-corrected chi connectivity index (χ4v) is 2.24. The van der Waals surface area contributed by atoms with E-state index in [1.165, 1.54) is 0 Å². The van der Waals surface area contributed by atoms with E-state index in [1.807, 2.05) is 0 Å². The van der Waals surface area contributed by atoms with E-state index in [1.54, 1.807) is 19.2 Å². The van der Waals surface area contributed by atoms with Gasteiger partial charge in [-0.15, -0.1) is 0 Å². The lowest BCUT2D eigenvalue weighted by molar-refractivity contribution is 0.0759. The highest BCUT2D eigenvalue weighted by Crippen LogP contribution is 2.26. The predicted octanol–water partition coefficient (Wildman–Crippen LogP) is 2.30. The highest BCUT2D eigenvalue weighted by Gasteiger charge is 2.12. The Labute approximate surface area is 125 Å². The molecule has 106 valence electrons. The van der Waals surface area contributed by atoms with Gasteiger partial charge >= 0.3 is 0 Å². The van der Waals surface area contributed by atoms with Crippen LogP contribution in [-0.4, -0.2) is 38.5 Å². The summed E-state index contributed by atoms with van der Waals surface area (Å²) in [6.07, 6.45) is 0. The van der Waals surface area contributed by atoms with Crippen LogP contribution >= 0.6 is 28.1 Å². The lowest BCUT2D eigenvalue weighted by atomic mass is 10.2. The molecule has 0 aromatic heterocycles. The number of anilines is 1. The zero-order valence-electron chi connectivity index (χ0n) is 10.5. The Hall–Kier alpha value is -0.760. The maximum Gasteiger partial charge on any atom is 0.161 e. The topological polar surface area (TPSA) is 56.5 Å². The first-order valence-corrected chi connectivity index (χ1v) is 6.86. The Kier molecular flexibility index (Phi) is 7.22. The average Bonchev–Trinajstić information content (AvgIpc) is 2.38. The van der Waals surface area contributed by atoms with Crippen LogP contribution in [0.2, 0.25) is 0 Å². The molecule has 0 aliphatic carbocycles. The molecular formula is C12H16BrFN2O2S. The Bertz CT molecular complexity index is 446. The number of hydrogen-bond donors (Lipinski definition) is 2. The van der Waals surface area contributed by atoms with Crippen LogP contribution in [-0.2, 0) is 9.47 Å². The first kappa shape index (κ1) is 16.3. The van der Waals surface area contributed by atoms with Crippen LogP contribution in [0.4, 0.5) is 10.1 Å². The van der Waals surface area contributed by atoms with Crippen molar-refractivity contribution in [1.29, 1.82) is 0 Å². The fourth-order valence-electron chi connectivity index (χ4n) is 1.38. The summed E-state index contributed by atoms with van der Waals surface area (Å²) in [4.78, 5) is 0.153. The van der Waals surface area contributed by atoms with Crippen molar-refractivity contribution in [3.05, 3.63) is 28.0 Å². The first-order valence-electron chi connectivity index (χ1n) is 5.66. The minimum Gasteiger partial charge on any atom is -0.389 e. The first-order chi connectivity index (χ1) is 9.07. The summed E-state index contributed by atoms with van der Waals surface area (Å²) in [6.45, 7) is 2.03. The molecule has 0 aliphatic rings. The molecule has 1 aromatic carbocycles. The number of hydrogen-bond acceptors (Lipinski definition) is 4. The SMILES string of the molecule is COCCOCCNc1ccc(C(N)=S)c(Br)c1F. The summed E-state index contributed by atoms with van der Waals surface area (Å²) in [5.74, 6) is -0.415. The molecule has 0 bridgehead atoms. The smallest absolute Gasteiger partial charge is 0.161 e. The van der Waals surface area contributed by atoms with Crippen LogP contribution < -0.4 is 11.1 Å². The number of nitrogens with two attached hydrogens (primary N) is 1. The van der Waals surface area contributed by atoms with Crippen molar-refractivity contribution in [2.24, 2.45) is 5.73 Å². The predicted molar refractivity (Wildman–Crippen MR) is 81.2 cm³/mol. The van der Waals surface area contributed by atoms with Crippen molar-refractivity contribution in [2.45, 2.75) is 0 Å². The van der Waals surface area contributed by atoms with Crippen molar-refractivity contribution >= 4 is 38.8 Å². The highest BCUT2D eigenvalue weighted by molar-refractivity contribution is 9.10. The van der Waals surface area contributed by atoms with Gasteiger partial charge in [-0.25, -0.2) is 4.39 Å². The second-order valence-corrected chi connectivity index (χ2v) is 4.92. The van der Waals surface area contributed by atoms with E-state index in [0.29, 0.717) is 37.6 Å². The van der Waals surface area contributed by atoms with Gasteiger partial charge in [-0.1, -0.05) is 12.2 Å². The summed E-state index contributed by atoms with van der Waals surface area (Å²) >= 11 is 7.97. The molecule has 7 heteroatoms. The molecule has 0 spiro atoms. The number of thiocarbonyl (C=S) groups is 1. The molecule has 0 unspecified atom stereocenters. The maximum atomic E-state index is 14.0. The minimum absolute atomic E-state index is 0.153. The molecule has 3 N–H and O–H groups in total. The summed E-state index contributed by atoms with van der Waals surface area (Å²) in [7, 11) is 1.61. The second-order valence-electron chi connectivity index (χ2n) is 3.68. The number of methoxy groups -OCH3 is 1. The van der Waals surface area contributed by atoms with E-state index in [4.69, 9.17) is 27.4 Å².